The van der Waals surface area contributed by atoms with Crippen LogP contribution in [-0.2, 0) is 0 Å². The molecule has 0 atom stereocenters. The standard InChI is InChI=1S/C24H31N7O2/c1-3-30-24(33)28(2)20-16-25-23(27-21(20)31(30)19-8-4-5-9-19)26-18-12-10-17(11-13-18)22(32)29-14-6-7-15-29/h10-13,16,19H,3-9,14-15H2,1-2H3,(H,25,26,27). The molecule has 1 aromatic heterocycles. The second-order valence-electron chi connectivity index (χ2n) is 8.94. The normalized spacial score (nSPS) is 18.8. The van der Waals surface area contributed by atoms with Gasteiger partial charge in [0, 0.05) is 37.9 Å². The number of urea groups is 1. The molecule has 3 heterocycles. The molecule has 1 aromatic carbocycles. The zero-order valence-corrected chi connectivity index (χ0v) is 19.3. The van der Waals surface area contributed by atoms with E-state index < -0.39 is 0 Å². The Bertz CT molecular complexity index is 1030. The maximum absolute atomic E-state index is 13.0. The molecule has 1 N–H and O–H groups in total. The number of carbonyl (C=O) groups is 2. The van der Waals surface area contributed by atoms with Crippen LogP contribution in [0, 0.1) is 0 Å². The monoisotopic (exact) mass is 449 g/mol. The number of aromatic nitrogens is 2. The molecule has 1 aliphatic carbocycles. The van der Waals surface area contributed by atoms with Crippen molar-refractivity contribution in [1.82, 2.24) is 19.9 Å². The minimum Gasteiger partial charge on any atom is -0.339 e. The summed E-state index contributed by atoms with van der Waals surface area (Å²) in [7, 11) is 1.77. The molecular formula is C24H31N7O2. The van der Waals surface area contributed by atoms with Crippen molar-refractivity contribution in [3.8, 4) is 0 Å². The van der Waals surface area contributed by atoms with Gasteiger partial charge in [0.2, 0.25) is 5.95 Å². The van der Waals surface area contributed by atoms with Gasteiger partial charge in [-0.25, -0.2) is 14.8 Å². The lowest BCUT2D eigenvalue weighted by atomic mass is 10.2. The van der Waals surface area contributed by atoms with E-state index in [1.807, 2.05) is 36.1 Å². The van der Waals surface area contributed by atoms with E-state index in [2.05, 4.69) is 15.3 Å². The van der Waals surface area contributed by atoms with E-state index in [1.54, 1.807) is 23.2 Å². The fourth-order valence-corrected chi connectivity index (χ4v) is 5.05. The number of hydrogen-bond acceptors (Lipinski definition) is 6. The summed E-state index contributed by atoms with van der Waals surface area (Å²) >= 11 is 0. The average Bonchev–Trinajstić information content (AvgIpc) is 3.56. The SMILES string of the molecule is CCN1C(=O)N(C)c2cnc(Nc3ccc(C(=O)N4CCCC4)cc3)nc2N1C1CCCC1. The van der Waals surface area contributed by atoms with E-state index in [0.717, 1.165) is 63.1 Å². The zero-order chi connectivity index (χ0) is 22.9. The van der Waals surface area contributed by atoms with Gasteiger partial charge in [0.25, 0.3) is 5.91 Å². The van der Waals surface area contributed by atoms with Crippen LogP contribution in [-0.4, -0.2) is 64.5 Å². The van der Waals surface area contributed by atoms with Crippen molar-refractivity contribution >= 4 is 35.1 Å². The van der Waals surface area contributed by atoms with Gasteiger partial charge in [-0.2, -0.15) is 4.98 Å². The van der Waals surface area contributed by atoms with E-state index in [4.69, 9.17) is 4.98 Å². The number of amides is 3. The molecule has 0 radical (unpaired) electrons. The molecule has 0 bridgehead atoms. The summed E-state index contributed by atoms with van der Waals surface area (Å²) in [4.78, 5) is 38.4. The second-order valence-corrected chi connectivity index (χ2v) is 8.94. The largest absolute Gasteiger partial charge is 0.343 e. The highest BCUT2D eigenvalue weighted by Gasteiger charge is 2.39. The smallest absolute Gasteiger partial charge is 0.339 e. The van der Waals surface area contributed by atoms with Gasteiger partial charge in [-0.15, -0.1) is 0 Å². The number of carbonyl (C=O) groups excluding carboxylic acids is 2. The highest BCUT2D eigenvalue weighted by molar-refractivity contribution is 5.98. The molecule has 2 fully saturated rings. The van der Waals surface area contributed by atoms with Gasteiger partial charge in [-0.3, -0.25) is 14.7 Å². The molecule has 33 heavy (non-hydrogen) atoms. The van der Waals surface area contributed by atoms with Crippen molar-refractivity contribution in [1.29, 1.82) is 0 Å². The Morgan fingerprint density at radius 1 is 1.09 bits per heavy atom. The minimum absolute atomic E-state index is 0.0560. The summed E-state index contributed by atoms with van der Waals surface area (Å²) < 4.78 is 0. The van der Waals surface area contributed by atoms with Crippen molar-refractivity contribution in [2.75, 3.05) is 41.9 Å². The molecule has 3 aliphatic rings. The van der Waals surface area contributed by atoms with Gasteiger partial charge in [0.15, 0.2) is 5.82 Å². The number of hydrazine groups is 1. The molecule has 2 aromatic rings. The number of benzene rings is 1. The molecule has 174 valence electrons. The third-order valence-electron chi connectivity index (χ3n) is 6.85. The highest BCUT2D eigenvalue weighted by Crippen LogP contribution is 2.38. The van der Waals surface area contributed by atoms with Gasteiger partial charge in [-0.05, 0) is 56.9 Å². The molecule has 9 heteroatoms. The molecule has 0 unspecified atom stereocenters. The van der Waals surface area contributed by atoms with Crippen LogP contribution in [0.2, 0.25) is 0 Å². The maximum atomic E-state index is 13.0. The van der Waals surface area contributed by atoms with Crippen LogP contribution in [0.15, 0.2) is 30.5 Å². The summed E-state index contributed by atoms with van der Waals surface area (Å²) in [5, 5.41) is 7.13. The number of nitrogens with one attached hydrogen (secondary N) is 1. The molecular weight excluding hydrogens is 418 g/mol. The van der Waals surface area contributed by atoms with Gasteiger partial charge in [0.05, 0.1) is 12.2 Å². The lowest BCUT2D eigenvalue weighted by molar-refractivity contribution is 0.0793. The summed E-state index contributed by atoms with van der Waals surface area (Å²) in [6.07, 6.45) is 8.29. The molecule has 1 saturated heterocycles. The lowest BCUT2D eigenvalue weighted by Gasteiger charge is -2.45. The number of fused-ring (bicyclic) bond motifs is 1. The van der Waals surface area contributed by atoms with Crippen molar-refractivity contribution < 1.29 is 9.59 Å². The molecule has 2 aliphatic heterocycles. The van der Waals surface area contributed by atoms with Crippen LogP contribution in [0.4, 0.5) is 27.9 Å². The number of anilines is 4. The first-order valence-corrected chi connectivity index (χ1v) is 11.9. The fraction of sp³-hybridized carbons (Fsp3) is 0.500. The zero-order valence-electron chi connectivity index (χ0n) is 19.3. The Morgan fingerprint density at radius 2 is 1.79 bits per heavy atom. The van der Waals surface area contributed by atoms with E-state index in [9.17, 15) is 9.59 Å². The van der Waals surface area contributed by atoms with E-state index in [0.29, 0.717) is 23.7 Å². The minimum atomic E-state index is -0.0560. The molecule has 1 saturated carbocycles. The number of rotatable bonds is 5. The topological polar surface area (TPSA) is 84.9 Å². The van der Waals surface area contributed by atoms with Gasteiger partial charge < -0.3 is 10.2 Å². The summed E-state index contributed by atoms with van der Waals surface area (Å²) in [5.41, 5.74) is 2.22. The molecule has 0 spiro atoms. The second kappa shape index (κ2) is 8.88. The summed E-state index contributed by atoms with van der Waals surface area (Å²) in [6, 6.07) is 7.66. The van der Waals surface area contributed by atoms with Crippen LogP contribution in [0.25, 0.3) is 0 Å². The van der Waals surface area contributed by atoms with Crippen molar-refractivity contribution in [2.24, 2.45) is 0 Å². The van der Waals surface area contributed by atoms with Crippen LogP contribution < -0.4 is 15.2 Å². The first-order valence-electron chi connectivity index (χ1n) is 11.9. The summed E-state index contributed by atoms with van der Waals surface area (Å²) in [5.74, 6) is 1.31. The maximum Gasteiger partial charge on any atom is 0.343 e. The Kier molecular flexibility index (Phi) is 5.78. The third-order valence-corrected chi connectivity index (χ3v) is 6.85. The predicted molar refractivity (Wildman–Crippen MR) is 128 cm³/mol. The van der Waals surface area contributed by atoms with Crippen LogP contribution >= 0.6 is 0 Å². The van der Waals surface area contributed by atoms with Crippen molar-refractivity contribution in [2.45, 2.75) is 51.5 Å². The fourth-order valence-electron chi connectivity index (χ4n) is 5.05. The Hall–Kier alpha value is -3.36. The van der Waals surface area contributed by atoms with Crippen LogP contribution in [0.1, 0.15) is 55.8 Å². The summed E-state index contributed by atoms with van der Waals surface area (Å²) in [6.45, 7) is 4.25. The van der Waals surface area contributed by atoms with Gasteiger partial charge in [0.1, 0.15) is 5.69 Å². The highest BCUT2D eigenvalue weighted by atomic mass is 16.2. The van der Waals surface area contributed by atoms with Crippen LogP contribution in [0.5, 0.6) is 0 Å². The Balaban J connectivity index is 1.40. The third kappa shape index (κ3) is 3.96. The predicted octanol–water partition coefficient (Wildman–Crippen LogP) is 4.01. The number of hydrogen-bond donors (Lipinski definition) is 1. The number of nitrogens with zero attached hydrogens (tertiary/aromatic N) is 6. The van der Waals surface area contributed by atoms with Crippen molar-refractivity contribution in [3.05, 3.63) is 36.0 Å². The van der Waals surface area contributed by atoms with E-state index >= 15 is 0 Å². The first kappa shape index (κ1) is 21.5. The Morgan fingerprint density at radius 3 is 2.45 bits per heavy atom. The molecule has 9 nitrogen and oxygen atoms in total. The Labute approximate surface area is 194 Å². The van der Waals surface area contributed by atoms with E-state index in [1.165, 1.54) is 0 Å². The van der Waals surface area contributed by atoms with Crippen molar-refractivity contribution in [3.63, 3.8) is 0 Å². The quantitative estimate of drug-likeness (QED) is 0.742. The van der Waals surface area contributed by atoms with Gasteiger partial charge >= 0.3 is 6.03 Å². The lowest BCUT2D eigenvalue weighted by Crippen LogP contribution is -2.59. The molecule has 3 amide bonds. The average molecular weight is 450 g/mol. The van der Waals surface area contributed by atoms with Crippen LogP contribution in [0.3, 0.4) is 0 Å². The van der Waals surface area contributed by atoms with E-state index in [-0.39, 0.29) is 18.0 Å². The number of likely N-dealkylation sites (tertiary alicyclic amines) is 1. The van der Waals surface area contributed by atoms with Gasteiger partial charge in [-0.1, -0.05) is 12.8 Å². The molecule has 5 rings (SSSR count). The first-order chi connectivity index (χ1) is 16.1.